The minimum atomic E-state index is 0.190. The Labute approximate surface area is 151 Å². The summed E-state index contributed by atoms with van der Waals surface area (Å²) in [6.07, 6.45) is 3.46. The van der Waals surface area contributed by atoms with Gasteiger partial charge < -0.3 is 9.15 Å². The van der Waals surface area contributed by atoms with Crippen LogP contribution in [0.25, 0.3) is 11.5 Å². The van der Waals surface area contributed by atoms with E-state index >= 15 is 0 Å². The zero-order valence-corrected chi connectivity index (χ0v) is 15.0. The van der Waals surface area contributed by atoms with Crippen LogP contribution < -0.4 is 4.74 Å². The zero-order chi connectivity index (χ0) is 17.1. The van der Waals surface area contributed by atoms with Crippen LogP contribution >= 0.6 is 11.3 Å². The fraction of sp³-hybridized carbons (Fsp3) is 0.368. The van der Waals surface area contributed by atoms with E-state index in [4.69, 9.17) is 9.15 Å². The molecule has 1 aliphatic heterocycles. The van der Waals surface area contributed by atoms with E-state index in [1.165, 1.54) is 18.4 Å². The van der Waals surface area contributed by atoms with Crippen molar-refractivity contribution >= 4 is 11.3 Å². The Morgan fingerprint density at radius 3 is 2.84 bits per heavy atom. The molecular weight excluding hydrogens is 334 g/mol. The summed E-state index contributed by atoms with van der Waals surface area (Å²) in [4.78, 5) is 2.44. The number of thiophene rings is 1. The second-order valence-corrected chi connectivity index (χ2v) is 7.07. The maximum Gasteiger partial charge on any atom is 0.248 e. The van der Waals surface area contributed by atoms with E-state index in [0.717, 1.165) is 36.7 Å². The standard InChI is InChI=1S/C19H21N3O2S/c1-23-16-7-5-14(6-8-16)12-22-10-3-2-4-17(22)19-21-20-18(24-19)15-9-11-25-13-15/h5-9,11,13,17H,2-4,10,12H2,1H3/t17-/m0/s1. The molecule has 3 heterocycles. The van der Waals surface area contributed by atoms with Crippen molar-refractivity contribution in [2.45, 2.75) is 31.8 Å². The van der Waals surface area contributed by atoms with Crippen molar-refractivity contribution in [3.8, 4) is 17.2 Å². The van der Waals surface area contributed by atoms with E-state index in [1.807, 2.05) is 29.0 Å². The van der Waals surface area contributed by atoms with Crippen molar-refractivity contribution < 1.29 is 9.15 Å². The number of aromatic nitrogens is 2. The Morgan fingerprint density at radius 2 is 2.08 bits per heavy atom. The molecule has 0 spiro atoms. The van der Waals surface area contributed by atoms with Gasteiger partial charge in [0.2, 0.25) is 11.8 Å². The molecule has 1 saturated heterocycles. The largest absolute Gasteiger partial charge is 0.497 e. The molecule has 4 rings (SSSR count). The molecule has 0 unspecified atom stereocenters. The van der Waals surface area contributed by atoms with Gasteiger partial charge in [0.25, 0.3) is 0 Å². The van der Waals surface area contributed by atoms with Gasteiger partial charge in [-0.05, 0) is 48.5 Å². The second-order valence-electron chi connectivity index (χ2n) is 6.29. The molecule has 2 aromatic heterocycles. The summed E-state index contributed by atoms with van der Waals surface area (Å²) >= 11 is 1.64. The van der Waals surface area contributed by atoms with Crippen LogP contribution in [-0.2, 0) is 6.54 Å². The van der Waals surface area contributed by atoms with Crippen LogP contribution in [0.3, 0.4) is 0 Å². The van der Waals surface area contributed by atoms with Crippen LogP contribution in [0.1, 0.15) is 36.8 Å². The number of nitrogens with zero attached hydrogens (tertiary/aromatic N) is 3. The number of likely N-dealkylation sites (tertiary alicyclic amines) is 1. The quantitative estimate of drug-likeness (QED) is 0.673. The first-order valence-corrected chi connectivity index (χ1v) is 9.51. The summed E-state index contributed by atoms with van der Waals surface area (Å²) in [6.45, 7) is 1.93. The summed E-state index contributed by atoms with van der Waals surface area (Å²) in [5.74, 6) is 2.23. The fourth-order valence-corrected chi connectivity index (χ4v) is 3.93. The summed E-state index contributed by atoms with van der Waals surface area (Å²) in [7, 11) is 1.69. The Kier molecular flexibility index (Phi) is 4.81. The summed E-state index contributed by atoms with van der Waals surface area (Å²) < 4.78 is 11.2. The van der Waals surface area contributed by atoms with E-state index in [9.17, 15) is 0 Å². The van der Waals surface area contributed by atoms with Gasteiger partial charge in [-0.3, -0.25) is 4.90 Å². The van der Waals surface area contributed by atoms with Crippen molar-refractivity contribution in [3.63, 3.8) is 0 Å². The molecule has 1 aromatic carbocycles. The number of rotatable bonds is 5. The molecule has 0 bridgehead atoms. The fourth-order valence-electron chi connectivity index (χ4n) is 3.30. The first kappa shape index (κ1) is 16.3. The van der Waals surface area contributed by atoms with Gasteiger partial charge in [0.15, 0.2) is 0 Å². The third-order valence-corrected chi connectivity index (χ3v) is 5.34. The third-order valence-electron chi connectivity index (χ3n) is 4.65. The number of hydrogen-bond acceptors (Lipinski definition) is 6. The predicted octanol–water partition coefficient (Wildman–Crippen LogP) is 4.53. The van der Waals surface area contributed by atoms with Gasteiger partial charge in [0, 0.05) is 17.5 Å². The van der Waals surface area contributed by atoms with E-state index in [-0.39, 0.29) is 6.04 Å². The highest BCUT2D eigenvalue weighted by molar-refractivity contribution is 7.08. The highest BCUT2D eigenvalue weighted by Gasteiger charge is 2.28. The summed E-state index contributed by atoms with van der Waals surface area (Å²) in [6, 6.07) is 10.5. The summed E-state index contributed by atoms with van der Waals surface area (Å²) in [5, 5.41) is 12.6. The van der Waals surface area contributed by atoms with Gasteiger partial charge in [-0.2, -0.15) is 11.3 Å². The first-order valence-electron chi connectivity index (χ1n) is 8.56. The molecular formula is C19H21N3O2S. The molecule has 25 heavy (non-hydrogen) atoms. The number of benzene rings is 1. The minimum absolute atomic E-state index is 0.190. The maximum absolute atomic E-state index is 5.99. The number of hydrogen-bond donors (Lipinski definition) is 0. The van der Waals surface area contributed by atoms with Gasteiger partial charge in [0.05, 0.1) is 13.2 Å². The Balaban J connectivity index is 1.52. The van der Waals surface area contributed by atoms with Crippen LogP contribution in [0.15, 0.2) is 45.5 Å². The van der Waals surface area contributed by atoms with Gasteiger partial charge in [-0.15, -0.1) is 10.2 Å². The molecule has 0 N–H and O–H groups in total. The monoisotopic (exact) mass is 355 g/mol. The first-order chi connectivity index (χ1) is 12.3. The van der Waals surface area contributed by atoms with E-state index in [2.05, 4.69) is 27.2 Å². The lowest BCUT2D eigenvalue weighted by Gasteiger charge is -2.33. The van der Waals surface area contributed by atoms with Gasteiger partial charge in [-0.25, -0.2) is 0 Å². The molecule has 0 radical (unpaired) electrons. The number of piperidine rings is 1. The molecule has 3 aromatic rings. The van der Waals surface area contributed by atoms with Crippen LogP contribution in [0.4, 0.5) is 0 Å². The van der Waals surface area contributed by atoms with Crippen molar-refractivity contribution in [2.24, 2.45) is 0 Å². The molecule has 0 amide bonds. The van der Waals surface area contributed by atoms with E-state index < -0.39 is 0 Å². The average Bonchev–Trinajstić information content (AvgIpc) is 3.34. The molecule has 1 fully saturated rings. The Hall–Kier alpha value is -2.18. The highest BCUT2D eigenvalue weighted by atomic mass is 32.1. The topological polar surface area (TPSA) is 51.4 Å². The summed E-state index contributed by atoms with van der Waals surface area (Å²) in [5.41, 5.74) is 2.27. The van der Waals surface area contributed by atoms with Gasteiger partial charge >= 0.3 is 0 Å². The molecule has 130 valence electrons. The number of methoxy groups -OCH3 is 1. The normalized spacial score (nSPS) is 18.4. The average molecular weight is 355 g/mol. The van der Waals surface area contributed by atoms with Crippen molar-refractivity contribution in [2.75, 3.05) is 13.7 Å². The Morgan fingerprint density at radius 1 is 1.20 bits per heavy atom. The van der Waals surface area contributed by atoms with Gasteiger partial charge in [-0.1, -0.05) is 18.6 Å². The number of ether oxygens (including phenoxy) is 1. The van der Waals surface area contributed by atoms with E-state index in [1.54, 1.807) is 18.4 Å². The van der Waals surface area contributed by atoms with Crippen LogP contribution in [-0.4, -0.2) is 28.8 Å². The van der Waals surface area contributed by atoms with Crippen LogP contribution in [0.5, 0.6) is 5.75 Å². The van der Waals surface area contributed by atoms with Crippen LogP contribution in [0, 0.1) is 0 Å². The second kappa shape index (κ2) is 7.37. The van der Waals surface area contributed by atoms with Gasteiger partial charge in [0.1, 0.15) is 5.75 Å². The highest BCUT2D eigenvalue weighted by Crippen LogP contribution is 2.33. The molecule has 6 heteroatoms. The molecule has 1 atom stereocenters. The molecule has 5 nitrogen and oxygen atoms in total. The van der Waals surface area contributed by atoms with Crippen molar-refractivity contribution in [3.05, 3.63) is 52.5 Å². The molecule has 0 aliphatic carbocycles. The van der Waals surface area contributed by atoms with Crippen LogP contribution in [0.2, 0.25) is 0 Å². The Bertz CT molecular complexity index is 798. The molecule has 1 aliphatic rings. The lowest BCUT2D eigenvalue weighted by atomic mass is 10.0. The smallest absolute Gasteiger partial charge is 0.248 e. The van der Waals surface area contributed by atoms with Crippen molar-refractivity contribution in [1.29, 1.82) is 0 Å². The zero-order valence-electron chi connectivity index (χ0n) is 14.2. The predicted molar refractivity (Wildman–Crippen MR) is 97.6 cm³/mol. The lowest BCUT2D eigenvalue weighted by molar-refractivity contribution is 0.118. The minimum Gasteiger partial charge on any atom is -0.497 e. The SMILES string of the molecule is COc1ccc(CN2CCCC[C@H]2c2nnc(-c3ccsc3)o2)cc1. The third kappa shape index (κ3) is 3.60. The molecule has 0 saturated carbocycles. The van der Waals surface area contributed by atoms with Crippen molar-refractivity contribution in [1.82, 2.24) is 15.1 Å². The lowest BCUT2D eigenvalue weighted by Crippen LogP contribution is -2.33. The van der Waals surface area contributed by atoms with E-state index in [0.29, 0.717) is 5.89 Å². The maximum atomic E-state index is 5.99.